The van der Waals surface area contributed by atoms with Crippen LogP contribution in [0.25, 0.3) is 0 Å². The number of hydrogen-bond acceptors (Lipinski definition) is 5. The molecule has 5 nitrogen and oxygen atoms in total. The van der Waals surface area contributed by atoms with Crippen LogP contribution in [-0.4, -0.2) is 51.3 Å². The summed E-state index contributed by atoms with van der Waals surface area (Å²) in [6.07, 6.45) is 2.34. The first-order valence-electron chi connectivity index (χ1n) is 7.25. The van der Waals surface area contributed by atoms with E-state index >= 15 is 0 Å². The van der Waals surface area contributed by atoms with Crippen molar-refractivity contribution in [3.63, 3.8) is 0 Å². The summed E-state index contributed by atoms with van der Waals surface area (Å²) in [7, 11) is 4.30. The number of benzene rings is 1. The van der Waals surface area contributed by atoms with Gasteiger partial charge in [-0.05, 0) is 26.9 Å². The second-order valence-corrected chi connectivity index (χ2v) is 5.74. The van der Waals surface area contributed by atoms with E-state index in [2.05, 4.69) is 23.9 Å². The van der Waals surface area contributed by atoms with Gasteiger partial charge in [0.1, 0.15) is 13.2 Å². The highest BCUT2D eigenvalue weighted by molar-refractivity contribution is 5.73. The maximum absolute atomic E-state index is 6.18. The van der Waals surface area contributed by atoms with E-state index in [0.29, 0.717) is 19.3 Å². The van der Waals surface area contributed by atoms with Crippen molar-refractivity contribution < 1.29 is 9.47 Å². The van der Waals surface area contributed by atoms with Gasteiger partial charge in [0.05, 0.1) is 11.4 Å². The smallest absolute Gasteiger partial charge is 0.163 e. The van der Waals surface area contributed by atoms with Crippen molar-refractivity contribution in [2.24, 2.45) is 0 Å². The standard InChI is InChI=1S/C15H23N3O2/c1-17(2)11-3-5-18(6-4-11)13-10-15-14(9-12(13)16)19-7-8-20-15/h9-11H,3-8,16H2,1-2H3. The number of hydrogen-bond donors (Lipinski definition) is 1. The zero-order chi connectivity index (χ0) is 14.1. The minimum Gasteiger partial charge on any atom is -0.486 e. The Morgan fingerprint density at radius 3 is 2.30 bits per heavy atom. The maximum Gasteiger partial charge on any atom is 0.163 e. The van der Waals surface area contributed by atoms with E-state index in [-0.39, 0.29) is 0 Å². The third-order valence-electron chi connectivity index (χ3n) is 4.23. The molecule has 1 aromatic carbocycles. The van der Waals surface area contributed by atoms with Gasteiger partial charge in [0.25, 0.3) is 0 Å². The summed E-state index contributed by atoms with van der Waals surface area (Å²) >= 11 is 0. The molecule has 3 rings (SSSR count). The monoisotopic (exact) mass is 277 g/mol. The van der Waals surface area contributed by atoms with Crippen molar-refractivity contribution in [3.8, 4) is 11.5 Å². The molecule has 2 aliphatic rings. The van der Waals surface area contributed by atoms with Gasteiger partial charge in [0.2, 0.25) is 0 Å². The van der Waals surface area contributed by atoms with Crippen LogP contribution in [0, 0.1) is 0 Å². The van der Waals surface area contributed by atoms with E-state index in [4.69, 9.17) is 15.2 Å². The zero-order valence-electron chi connectivity index (χ0n) is 12.3. The summed E-state index contributed by atoms with van der Waals surface area (Å²) in [4.78, 5) is 4.66. The molecule has 0 unspecified atom stereocenters. The molecule has 1 fully saturated rings. The first kappa shape index (κ1) is 13.4. The molecular weight excluding hydrogens is 254 g/mol. The van der Waals surface area contributed by atoms with Gasteiger partial charge < -0.3 is 25.0 Å². The fourth-order valence-corrected chi connectivity index (χ4v) is 2.99. The summed E-state index contributed by atoms with van der Waals surface area (Å²) in [5.41, 5.74) is 8.03. The third kappa shape index (κ3) is 2.50. The predicted octanol–water partition coefficient (Wildman–Crippen LogP) is 1.57. The highest BCUT2D eigenvalue weighted by Gasteiger charge is 2.24. The van der Waals surface area contributed by atoms with Crippen LogP contribution in [-0.2, 0) is 0 Å². The van der Waals surface area contributed by atoms with Crippen LogP contribution in [0.3, 0.4) is 0 Å². The van der Waals surface area contributed by atoms with E-state index in [1.54, 1.807) is 0 Å². The average Bonchev–Trinajstić information content (AvgIpc) is 2.46. The van der Waals surface area contributed by atoms with E-state index in [0.717, 1.165) is 36.0 Å². The van der Waals surface area contributed by atoms with Crippen molar-refractivity contribution in [2.45, 2.75) is 18.9 Å². The average molecular weight is 277 g/mol. The van der Waals surface area contributed by atoms with Gasteiger partial charge in [-0.1, -0.05) is 0 Å². The summed E-state index contributed by atoms with van der Waals surface area (Å²) in [6, 6.07) is 4.59. The third-order valence-corrected chi connectivity index (χ3v) is 4.23. The summed E-state index contributed by atoms with van der Waals surface area (Å²) in [5, 5.41) is 0. The molecule has 0 radical (unpaired) electrons. The van der Waals surface area contributed by atoms with Crippen LogP contribution >= 0.6 is 0 Å². The summed E-state index contributed by atoms with van der Waals surface area (Å²) in [5.74, 6) is 1.58. The highest BCUT2D eigenvalue weighted by atomic mass is 16.6. The molecule has 2 aliphatic heterocycles. The van der Waals surface area contributed by atoms with Crippen molar-refractivity contribution >= 4 is 11.4 Å². The van der Waals surface area contributed by atoms with Crippen molar-refractivity contribution in [2.75, 3.05) is 51.0 Å². The number of nitrogens with two attached hydrogens (primary N) is 1. The van der Waals surface area contributed by atoms with Crippen LogP contribution in [0.4, 0.5) is 11.4 Å². The lowest BCUT2D eigenvalue weighted by Gasteiger charge is -2.37. The van der Waals surface area contributed by atoms with Gasteiger partial charge in [-0.15, -0.1) is 0 Å². The van der Waals surface area contributed by atoms with Gasteiger partial charge in [0.15, 0.2) is 11.5 Å². The molecule has 0 aromatic heterocycles. The minimum atomic E-state index is 0.597. The van der Waals surface area contributed by atoms with Crippen molar-refractivity contribution in [1.29, 1.82) is 0 Å². The largest absolute Gasteiger partial charge is 0.486 e. The van der Waals surface area contributed by atoms with Crippen molar-refractivity contribution in [1.82, 2.24) is 4.90 Å². The number of anilines is 2. The second-order valence-electron chi connectivity index (χ2n) is 5.74. The second kappa shape index (κ2) is 5.40. The Morgan fingerprint density at radius 1 is 1.10 bits per heavy atom. The van der Waals surface area contributed by atoms with Crippen LogP contribution in [0.15, 0.2) is 12.1 Å². The Labute approximate surface area is 120 Å². The summed E-state index contributed by atoms with van der Waals surface area (Å²) < 4.78 is 11.2. The van der Waals surface area contributed by atoms with Crippen LogP contribution in [0.2, 0.25) is 0 Å². The van der Waals surface area contributed by atoms with Crippen LogP contribution < -0.4 is 20.1 Å². The Balaban J connectivity index is 1.77. The molecule has 0 spiro atoms. The van der Waals surface area contributed by atoms with E-state index < -0.39 is 0 Å². The molecule has 1 saturated heterocycles. The molecule has 0 atom stereocenters. The molecule has 20 heavy (non-hydrogen) atoms. The Bertz CT molecular complexity index is 482. The van der Waals surface area contributed by atoms with Gasteiger partial charge >= 0.3 is 0 Å². The quantitative estimate of drug-likeness (QED) is 0.832. The Kier molecular flexibility index (Phi) is 3.61. The number of piperidine rings is 1. The molecule has 5 heteroatoms. The van der Waals surface area contributed by atoms with Crippen LogP contribution in [0.1, 0.15) is 12.8 Å². The number of fused-ring (bicyclic) bond motifs is 1. The number of nitrogen functional groups attached to an aromatic ring is 1. The molecule has 0 aliphatic carbocycles. The number of nitrogens with zero attached hydrogens (tertiary/aromatic N) is 2. The van der Waals surface area contributed by atoms with E-state index in [1.165, 1.54) is 12.8 Å². The lowest BCUT2D eigenvalue weighted by Crippen LogP contribution is -2.42. The zero-order valence-corrected chi connectivity index (χ0v) is 12.3. The molecule has 110 valence electrons. The molecule has 0 bridgehead atoms. The fraction of sp³-hybridized carbons (Fsp3) is 0.600. The summed E-state index contributed by atoms with van der Waals surface area (Å²) in [6.45, 7) is 3.28. The molecule has 2 N–H and O–H groups in total. The Hall–Kier alpha value is -1.62. The molecule has 0 saturated carbocycles. The van der Waals surface area contributed by atoms with Gasteiger partial charge in [0, 0.05) is 31.3 Å². The fourth-order valence-electron chi connectivity index (χ4n) is 2.99. The first-order valence-corrected chi connectivity index (χ1v) is 7.25. The van der Waals surface area contributed by atoms with Gasteiger partial charge in [-0.25, -0.2) is 0 Å². The van der Waals surface area contributed by atoms with Crippen LogP contribution in [0.5, 0.6) is 11.5 Å². The minimum absolute atomic E-state index is 0.597. The van der Waals surface area contributed by atoms with Crippen molar-refractivity contribution in [3.05, 3.63) is 12.1 Å². The Morgan fingerprint density at radius 2 is 1.70 bits per heavy atom. The number of ether oxygens (including phenoxy) is 2. The first-order chi connectivity index (χ1) is 9.65. The molecule has 0 amide bonds. The SMILES string of the molecule is CN(C)C1CCN(c2cc3c(cc2N)OCCO3)CC1. The molecular formula is C15H23N3O2. The van der Waals surface area contributed by atoms with E-state index in [1.807, 2.05) is 12.1 Å². The van der Waals surface area contributed by atoms with Gasteiger partial charge in [-0.2, -0.15) is 0 Å². The molecule has 2 heterocycles. The lowest BCUT2D eigenvalue weighted by molar-refractivity contribution is 0.171. The predicted molar refractivity (Wildman–Crippen MR) is 80.8 cm³/mol. The number of rotatable bonds is 2. The van der Waals surface area contributed by atoms with Gasteiger partial charge in [-0.3, -0.25) is 0 Å². The molecule has 1 aromatic rings. The maximum atomic E-state index is 6.18. The van der Waals surface area contributed by atoms with E-state index in [9.17, 15) is 0 Å². The normalized spacial score (nSPS) is 19.4. The highest BCUT2D eigenvalue weighted by Crippen LogP contribution is 2.39. The topological polar surface area (TPSA) is 51.0 Å². The lowest BCUT2D eigenvalue weighted by atomic mass is 10.0.